The molecule has 0 aromatic heterocycles. The quantitative estimate of drug-likeness (QED) is 0.489. The predicted octanol–water partition coefficient (Wildman–Crippen LogP) is 6.40. The summed E-state index contributed by atoms with van der Waals surface area (Å²) in [4.78, 5) is 0. The third-order valence-corrected chi connectivity index (χ3v) is 6.44. The molecule has 1 nitrogen and oxygen atoms in total. The van der Waals surface area contributed by atoms with Gasteiger partial charge in [-0.05, 0) is 0 Å². The predicted molar refractivity (Wildman–Crippen MR) is 120 cm³/mol. The number of rotatable bonds is 3. The maximum Gasteiger partial charge on any atom is 0.171 e. The third kappa shape index (κ3) is 6.00. The summed E-state index contributed by atoms with van der Waals surface area (Å²) in [6, 6.07) is 29.1. The third-order valence-electron chi connectivity index (χ3n) is 3.36. The molecule has 0 spiro atoms. The van der Waals surface area contributed by atoms with E-state index in [0.717, 1.165) is 15.9 Å². The molecule has 0 bridgehead atoms. The number of hydrogen-bond donors (Lipinski definition) is 0. The molecular weight excluding hydrogens is 335 g/mol. The van der Waals surface area contributed by atoms with Crippen LogP contribution in [0.15, 0.2) is 91.0 Å². The first-order valence-electron chi connectivity index (χ1n) is 9.59. The van der Waals surface area contributed by atoms with Crippen molar-refractivity contribution in [3.05, 3.63) is 91.0 Å². The van der Waals surface area contributed by atoms with Crippen LogP contribution in [0.3, 0.4) is 0 Å². The summed E-state index contributed by atoms with van der Waals surface area (Å²) in [5.74, 6) is 0. The molecule has 140 valence electrons. The highest BCUT2D eigenvalue weighted by atomic mass is 31.2. The Kier molecular flexibility index (Phi) is 13.0. The van der Waals surface area contributed by atoms with E-state index >= 15 is 0 Å². The Labute approximate surface area is 160 Å². The van der Waals surface area contributed by atoms with E-state index in [1.54, 1.807) is 0 Å². The molecule has 0 fully saturated rings. The topological polar surface area (TPSA) is 17.1 Å². The van der Waals surface area contributed by atoms with Crippen molar-refractivity contribution < 1.29 is 4.57 Å². The lowest BCUT2D eigenvalue weighted by atomic mass is 10.4. The minimum atomic E-state index is -2.78. The normalized spacial score (nSPS) is 9.31. The van der Waals surface area contributed by atoms with Crippen molar-refractivity contribution in [3.8, 4) is 0 Å². The molecule has 0 amide bonds. The van der Waals surface area contributed by atoms with Crippen LogP contribution in [0.2, 0.25) is 0 Å². The number of benzene rings is 3. The maximum atomic E-state index is 13.8. The van der Waals surface area contributed by atoms with Gasteiger partial charge in [0.2, 0.25) is 0 Å². The standard InChI is InChI=1S/C18H15OP.3C2H6/c19-20(16-10-4-1-5-11-16,17-12-6-2-7-13-17)18-14-8-3-9-15-18;3*1-2/h1-15H;3*1-2H3. The molecule has 0 atom stereocenters. The Morgan fingerprint density at radius 3 is 0.808 bits per heavy atom. The zero-order valence-corrected chi connectivity index (χ0v) is 17.9. The maximum absolute atomic E-state index is 13.8. The van der Waals surface area contributed by atoms with Gasteiger partial charge in [-0.3, -0.25) is 0 Å². The number of hydrogen-bond acceptors (Lipinski definition) is 1. The van der Waals surface area contributed by atoms with E-state index in [1.807, 2.05) is 133 Å². The summed E-state index contributed by atoms with van der Waals surface area (Å²) >= 11 is 0. The molecule has 3 rings (SSSR count). The van der Waals surface area contributed by atoms with Gasteiger partial charge in [0, 0.05) is 15.9 Å². The zero-order valence-electron chi connectivity index (χ0n) is 17.0. The summed E-state index contributed by atoms with van der Waals surface area (Å²) in [5.41, 5.74) is 0. The fourth-order valence-corrected chi connectivity index (χ4v) is 5.03. The highest BCUT2D eigenvalue weighted by Gasteiger charge is 2.28. The van der Waals surface area contributed by atoms with E-state index in [9.17, 15) is 4.57 Å². The Morgan fingerprint density at radius 1 is 0.423 bits per heavy atom. The van der Waals surface area contributed by atoms with Gasteiger partial charge < -0.3 is 4.57 Å². The second kappa shape index (κ2) is 14.1. The van der Waals surface area contributed by atoms with Gasteiger partial charge >= 0.3 is 0 Å². The monoisotopic (exact) mass is 368 g/mol. The van der Waals surface area contributed by atoms with Crippen LogP contribution in [0.25, 0.3) is 0 Å². The first-order valence-corrected chi connectivity index (χ1v) is 11.3. The van der Waals surface area contributed by atoms with Crippen molar-refractivity contribution in [1.29, 1.82) is 0 Å². The molecule has 3 aromatic rings. The minimum absolute atomic E-state index is 0.873. The molecule has 0 aliphatic rings. The van der Waals surface area contributed by atoms with Crippen LogP contribution in [-0.4, -0.2) is 0 Å². The SMILES string of the molecule is CC.CC.CC.O=P(c1ccccc1)(c1ccccc1)c1ccccc1. The molecule has 0 unspecified atom stereocenters. The first kappa shape index (κ1) is 23.9. The largest absolute Gasteiger partial charge is 0.309 e. The lowest BCUT2D eigenvalue weighted by Crippen LogP contribution is -2.24. The summed E-state index contributed by atoms with van der Waals surface area (Å²) in [6.45, 7) is 12.0. The second-order valence-corrected chi connectivity index (χ2v) is 7.38. The van der Waals surface area contributed by atoms with Crippen molar-refractivity contribution in [3.63, 3.8) is 0 Å². The molecule has 26 heavy (non-hydrogen) atoms. The van der Waals surface area contributed by atoms with Gasteiger partial charge in [-0.25, -0.2) is 0 Å². The Balaban J connectivity index is 0.000000948. The van der Waals surface area contributed by atoms with Crippen LogP contribution in [0.5, 0.6) is 0 Å². The molecule has 0 saturated carbocycles. The van der Waals surface area contributed by atoms with Crippen LogP contribution in [0.1, 0.15) is 41.5 Å². The summed E-state index contributed by atoms with van der Waals surface area (Å²) in [7, 11) is -2.78. The van der Waals surface area contributed by atoms with E-state index in [2.05, 4.69) is 0 Å². The van der Waals surface area contributed by atoms with E-state index in [0.29, 0.717) is 0 Å². The van der Waals surface area contributed by atoms with Crippen LogP contribution in [-0.2, 0) is 4.57 Å². The van der Waals surface area contributed by atoms with Crippen molar-refractivity contribution in [2.24, 2.45) is 0 Å². The average Bonchev–Trinajstić information content (AvgIpc) is 2.79. The summed E-state index contributed by atoms with van der Waals surface area (Å²) in [6.07, 6.45) is 0. The van der Waals surface area contributed by atoms with Gasteiger partial charge in [0.25, 0.3) is 0 Å². The zero-order chi connectivity index (χ0) is 19.8. The first-order chi connectivity index (χ1) is 12.8. The molecule has 0 aliphatic carbocycles. The smallest absolute Gasteiger partial charge is 0.171 e. The highest BCUT2D eigenvalue weighted by Crippen LogP contribution is 2.41. The highest BCUT2D eigenvalue weighted by molar-refractivity contribution is 7.85. The van der Waals surface area contributed by atoms with Gasteiger partial charge in [-0.15, -0.1) is 0 Å². The van der Waals surface area contributed by atoms with E-state index in [-0.39, 0.29) is 0 Å². The Hall–Kier alpha value is -2.11. The van der Waals surface area contributed by atoms with E-state index < -0.39 is 7.14 Å². The molecule has 0 radical (unpaired) electrons. The minimum Gasteiger partial charge on any atom is -0.309 e. The molecule has 0 saturated heterocycles. The average molecular weight is 369 g/mol. The van der Waals surface area contributed by atoms with Crippen molar-refractivity contribution in [2.75, 3.05) is 0 Å². The van der Waals surface area contributed by atoms with Crippen molar-refractivity contribution in [1.82, 2.24) is 0 Å². The fourth-order valence-electron chi connectivity index (χ4n) is 2.36. The van der Waals surface area contributed by atoms with Crippen LogP contribution >= 0.6 is 7.14 Å². The molecule has 0 heterocycles. The summed E-state index contributed by atoms with van der Waals surface area (Å²) in [5, 5.41) is 2.62. The molecule has 3 aromatic carbocycles. The van der Waals surface area contributed by atoms with Gasteiger partial charge in [0.1, 0.15) is 0 Å². The lowest BCUT2D eigenvalue weighted by molar-refractivity contribution is 0.592. The van der Waals surface area contributed by atoms with Crippen molar-refractivity contribution >= 4 is 23.1 Å². The van der Waals surface area contributed by atoms with Gasteiger partial charge in [-0.1, -0.05) is 133 Å². The second-order valence-electron chi connectivity index (χ2n) is 4.62. The van der Waals surface area contributed by atoms with Gasteiger partial charge in [0.15, 0.2) is 7.14 Å². The molecular formula is C24H33OP. The van der Waals surface area contributed by atoms with Gasteiger partial charge in [0.05, 0.1) is 0 Å². The van der Waals surface area contributed by atoms with E-state index in [4.69, 9.17) is 0 Å². The fraction of sp³-hybridized carbons (Fsp3) is 0.250. The molecule has 2 heteroatoms. The Bertz CT molecular complexity index is 619. The van der Waals surface area contributed by atoms with Gasteiger partial charge in [-0.2, -0.15) is 0 Å². The summed E-state index contributed by atoms with van der Waals surface area (Å²) < 4.78 is 13.8. The molecule has 0 aliphatic heterocycles. The lowest BCUT2D eigenvalue weighted by Gasteiger charge is -2.19. The Morgan fingerprint density at radius 2 is 0.615 bits per heavy atom. The van der Waals surface area contributed by atoms with Crippen LogP contribution in [0.4, 0.5) is 0 Å². The van der Waals surface area contributed by atoms with E-state index in [1.165, 1.54) is 0 Å². The van der Waals surface area contributed by atoms with Crippen molar-refractivity contribution in [2.45, 2.75) is 41.5 Å². The van der Waals surface area contributed by atoms with Crippen LogP contribution < -0.4 is 15.9 Å². The molecule has 0 N–H and O–H groups in total. The van der Waals surface area contributed by atoms with Crippen LogP contribution in [0, 0.1) is 0 Å².